The van der Waals surface area contributed by atoms with Gasteiger partial charge in [-0.1, -0.05) is 42.5 Å². The van der Waals surface area contributed by atoms with E-state index >= 15 is 0 Å². The highest BCUT2D eigenvalue weighted by molar-refractivity contribution is 5.78. The number of carbonyl (C=O) groups excluding carboxylic acids is 1. The number of nitrogens with zero attached hydrogens (tertiary/aromatic N) is 4. The molecule has 0 unspecified atom stereocenters. The molecule has 30 heavy (non-hydrogen) atoms. The molecule has 1 aromatic heterocycles. The second-order valence-electron chi connectivity index (χ2n) is 8.02. The van der Waals surface area contributed by atoms with E-state index in [4.69, 9.17) is 0 Å². The van der Waals surface area contributed by atoms with Crippen molar-refractivity contribution in [3.8, 4) is 11.3 Å². The number of rotatable bonds is 4. The second-order valence-corrected chi connectivity index (χ2v) is 8.02. The van der Waals surface area contributed by atoms with Gasteiger partial charge in [0.2, 0.25) is 0 Å². The molecule has 1 saturated heterocycles. The summed E-state index contributed by atoms with van der Waals surface area (Å²) < 4.78 is 15.3. The van der Waals surface area contributed by atoms with Crippen LogP contribution < -0.4 is 0 Å². The van der Waals surface area contributed by atoms with Gasteiger partial charge in [0.05, 0.1) is 5.69 Å². The molecule has 2 aromatic carbocycles. The fourth-order valence-corrected chi connectivity index (χ4v) is 3.97. The number of amides is 1. The molecule has 0 spiro atoms. The van der Waals surface area contributed by atoms with Crippen molar-refractivity contribution in [1.82, 2.24) is 19.4 Å². The minimum absolute atomic E-state index is 0.108. The first-order chi connectivity index (χ1) is 14.5. The van der Waals surface area contributed by atoms with E-state index in [1.54, 1.807) is 24.1 Å². The number of carbonyl (C=O) groups is 1. The van der Waals surface area contributed by atoms with E-state index in [9.17, 15) is 9.18 Å². The summed E-state index contributed by atoms with van der Waals surface area (Å²) in [6, 6.07) is 15.6. The van der Waals surface area contributed by atoms with E-state index in [-0.39, 0.29) is 17.9 Å². The molecule has 1 aliphatic heterocycles. The molecule has 5 nitrogen and oxygen atoms in total. The van der Waals surface area contributed by atoms with Crippen molar-refractivity contribution >= 4 is 6.03 Å². The summed E-state index contributed by atoms with van der Waals surface area (Å²) >= 11 is 0. The molecule has 0 N–H and O–H groups in total. The number of halogens is 1. The van der Waals surface area contributed by atoms with Crippen LogP contribution in [-0.2, 0) is 6.54 Å². The molecule has 0 saturated carbocycles. The van der Waals surface area contributed by atoms with Gasteiger partial charge in [0.25, 0.3) is 0 Å². The Kier molecular flexibility index (Phi) is 5.95. The van der Waals surface area contributed by atoms with Crippen molar-refractivity contribution in [2.24, 2.45) is 0 Å². The molecule has 0 bridgehead atoms. The number of hydrogen-bond acceptors (Lipinski definition) is 3. The molecular formula is C24H27FN4O. The highest BCUT2D eigenvalue weighted by atomic mass is 19.1. The standard InChI is InChI=1S/C24H27FN4O/c1-18-8-9-20(14-22(18)25)23-16-29(17-26-23)24(30)27(2)21-10-12-28(13-11-21)15-19-6-4-3-5-7-19/h3-9,14,16-17,21H,10-13,15H2,1-2H3. The van der Waals surface area contributed by atoms with E-state index in [2.05, 4.69) is 34.1 Å². The normalized spacial score (nSPS) is 15.3. The molecule has 4 rings (SSSR count). The van der Waals surface area contributed by atoms with Gasteiger partial charge < -0.3 is 4.90 Å². The summed E-state index contributed by atoms with van der Waals surface area (Å²) in [6.07, 6.45) is 5.07. The van der Waals surface area contributed by atoms with E-state index in [1.807, 2.05) is 19.2 Å². The van der Waals surface area contributed by atoms with Crippen molar-refractivity contribution in [2.75, 3.05) is 20.1 Å². The lowest BCUT2D eigenvalue weighted by molar-refractivity contribution is 0.132. The molecule has 156 valence electrons. The van der Waals surface area contributed by atoms with Crippen LogP contribution in [0.25, 0.3) is 11.3 Å². The van der Waals surface area contributed by atoms with E-state index in [0.29, 0.717) is 16.8 Å². The molecule has 1 aliphatic rings. The van der Waals surface area contributed by atoms with E-state index < -0.39 is 0 Å². The molecule has 1 fully saturated rings. The zero-order valence-corrected chi connectivity index (χ0v) is 17.5. The Hall–Kier alpha value is -2.99. The van der Waals surface area contributed by atoms with E-state index in [0.717, 1.165) is 32.5 Å². The van der Waals surface area contributed by atoms with Gasteiger partial charge in [-0.25, -0.2) is 14.2 Å². The fraction of sp³-hybridized carbons (Fsp3) is 0.333. The first-order valence-corrected chi connectivity index (χ1v) is 10.4. The zero-order chi connectivity index (χ0) is 21.1. The monoisotopic (exact) mass is 406 g/mol. The zero-order valence-electron chi connectivity index (χ0n) is 17.5. The Balaban J connectivity index is 1.36. The second kappa shape index (κ2) is 8.79. The predicted molar refractivity (Wildman–Crippen MR) is 116 cm³/mol. The van der Waals surface area contributed by atoms with Crippen LogP contribution in [0, 0.1) is 12.7 Å². The number of hydrogen-bond donors (Lipinski definition) is 0. The van der Waals surface area contributed by atoms with Crippen LogP contribution in [-0.4, -0.2) is 51.6 Å². The number of benzene rings is 2. The van der Waals surface area contributed by atoms with Crippen molar-refractivity contribution in [3.63, 3.8) is 0 Å². The summed E-state index contributed by atoms with van der Waals surface area (Å²) in [6.45, 7) is 4.61. The van der Waals surface area contributed by atoms with Crippen LogP contribution in [0.3, 0.4) is 0 Å². The molecule has 2 heterocycles. The van der Waals surface area contributed by atoms with Gasteiger partial charge in [0, 0.05) is 44.5 Å². The van der Waals surface area contributed by atoms with Crippen molar-refractivity contribution in [3.05, 3.63) is 78.0 Å². The summed E-state index contributed by atoms with van der Waals surface area (Å²) in [5.74, 6) is -0.271. The summed E-state index contributed by atoms with van der Waals surface area (Å²) in [5.41, 5.74) is 3.17. The Labute approximate surface area is 176 Å². The Bertz CT molecular complexity index is 1010. The lowest BCUT2D eigenvalue weighted by Crippen LogP contribution is -2.46. The lowest BCUT2D eigenvalue weighted by Gasteiger charge is -2.36. The van der Waals surface area contributed by atoms with Crippen LogP contribution >= 0.6 is 0 Å². The molecule has 0 atom stereocenters. The Morgan fingerprint density at radius 2 is 1.90 bits per heavy atom. The number of aromatic nitrogens is 2. The average molecular weight is 407 g/mol. The molecule has 3 aromatic rings. The number of likely N-dealkylation sites (tertiary alicyclic amines) is 1. The number of piperidine rings is 1. The van der Waals surface area contributed by atoms with Gasteiger partial charge in [0.1, 0.15) is 12.1 Å². The third-order valence-electron chi connectivity index (χ3n) is 5.93. The topological polar surface area (TPSA) is 41.4 Å². The third kappa shape index (κ3) is 4.44. The first kappa shape index (κ1) is 20.3. The molecule has 6 heteroatoms. The summed E-state index contributed by atoms with van der Waals surface area (Å²) in [4.78, 5) is 21.5. The predicted octanol–water partition coefficient (Wildman–Crippen LogP) is 4.56. The van der Waals surface area contributed by atoms with Crippen molar-refractivity contribution in [2.45, 2.75) is 32.4 Å². The molecule has 0 aliphatic carbocycles. The Morgan fingerprint density at radius 3 is 2.60 bits per heavy atom. The maximum absolute atomic E-state index is 13.9. The van der Waals surface area contributed by atoms with Gasteiger partial charge in [-0.2, -0.15) is 0 Å². The molecule has 1 amide bonds. The summed E-state index contributed by atoms with van der Waals surface area (Å²) in [5, 5.41) is 0. The van der Waals surface area contributed by atoms with Crippen molar-refractivity contribution in [1.29, 1.82) is 0 Å². The van der Waals surface area contributed by atoms with Crippen LogP contribution in [0.5, 0.6) is 0 Å². The SMILES string of the molecule is Cc1ccc(-c2cn(C(=O)N(C)C3CCN(Cc4ccccc4)CC3)cn2)cc1F. The largest absolute Gasteiger partial charge is 0.329 e. The van der Waals surface area contributed by atoms with Gasteiger partial charge in [-0.15, -0.1) is 0 Å². The van der Waals surface area contributed by atoms with Crippen LogP contribution in [0.15, 0.2) is 61.1 Å². The van der Waals surface area contributed by atoms with Gasteiger partial charge in [-0.3, -0.25) is 9.47 Å². The number of imidazole rings is 1. The minimum Gasteiger partial charge on any atom is -0.324 e. The van der Waals surface area contributed by atoms with E-state index in [1.165, 1.54) is 22.5 Å². The molecular weight excluding hydrogens is 379 g/mol. The third-order valence-corrected chi connectivity index (χ3v) is 5.93. The lowest BCUT2D eigenvalue weighted by atomic mass is 10.0. The Morgan fingerprint density at radius 1 is 1.17 bits per heavy atom. The quantitative estimate of drug-likeness (QED) is 0.638. The number of aryl methyl sites for hydroxylation is 1. The van der Waals surface area contributed by atoms with Gasteiger partial charge in [0.15, 0.2) is 0 Å². The van der Waals surface area contributed by atoms with Gasteiger partial charge in [-0.05, 0) is 37.0 Å². The maximum atomic E-state index is 13.9. The summed E-state index contributed by atoms with van der Waals surface area (Å²) in [7, 11) is 1.85. The maximum Gasteiger partial charge on any atom is 0.329 e. The van der Waals surface area contributed by atoms with Gasteiger partial charge >= 0.3 is 6.03 Å². The minimum atomic E-state index is -0.271. The van der Waals surface area contributed by atoms with Crippen LogP contribution in [0.4, 0.5) is 9.18 Å². The first-order valence-electron chi connectivity index (χ1n) is 10.4. The smallest absolute Gasteiger partial charge is 0.324 e. The fourth-order valence-electron chi connectivity index (χ4n) is 3.97. The van der Waals surface area contributed by atoms with Crippen molar-refractivity contribution < 1.29 is 9.18 Å². The highest BCUT2D eigenvalue weighted by Gasteiger charge is 2.26. The van der Waals surface area contributed by atoms with Crippen LogP contribution in [0.1, 0.15) is 24.0 Å². The van der Waals surface area contributed by atoms with Crippen LogP contribution in [0.2, 0.25) is 0 Å². The molecule has 0 radical (unpaired) electrons. The average Bonchev–Trinajstić information content (AvgIpc) is 3.26. The highest BCUT2D eigenvalue weighted by Crippen LogP contribution is 2.22.